The van der Waals surface area contributed by atoms with Gasteiger partial charge in [0.25, 0.3) is 0 Å². The van der Waals surface area contributed by atoms with Crippen molar-refractivity contribution in [3.05, 3.63) is 54.1 Å². The van der Waals surface area contributed by atoms with Crippen molar-refractivity contribution in [1.82, 2.24) is 5.32 Å². The Balaban J connectivity index is 2.13. The highest BCUT2D eigenvalue weighted by Crippen LogP contribution is 2.25. The van der Waals surface area contributed by atoms with E-state index in [2.05, 4.69) is 5.32 Å². The fraction of sp³-hybridized carbons (Fsp3) is 0.409. The second kappa shape index (κ2) is 10.3. The van der Waals surface area contributed by atoms with Gasteiger partial charge in [-0.1, -0.05) is 25.1 Å². The summed E-state index contributed by atoms with van der Waals surface area (Å²) in [4.78, 5) is 13.0. The van der Waals surface area contributed by atoms with Crippen molar-refractivity contribution in [3.8, 4) is 11.5 Å². The molecule has 30 heavy (non-hydrogen) atoms. The highest BCUT2D eigenvalue weighted by Gasteiger charge is 2.32. The lowest BCUT2D eigenvalue weighted by Crippen LogP contribution is -2.52. The lowest BCUT2D eigenvalue weighted by Gasteiger charge is -2.31. The van der Waals surface area contributed by atoms with Crippen molar-refractivity contribution in [1.29, 1.82) is 0 Å². The van der Waals surface area contributed by atoms with Crippen molar-refractivity contribution in [2.45, 2.75) is 39.3 Å². The van der Waals surface area contributed by atoms with Gasteiger partial charge in [0, 0.05) is 0 Å². The van der Waals surface area contributed by atoms with Crippen LogP contribution in [0.1, 0.15) is 25.8 Å². The molecule has 2 aromatic carbocycles. The molecule has 8 heteroatoms. The van der Waals surface area contributed by atoms with Gasteiger partial charge in [-0.15, -0.1) is 0 Å². The second-order valence-electron chi connectivity index (χ2n) is 7.17. The van der Waals surface area contributed by atoms with Crippen LogP contribution >= 0.6 is 0 Å². The van der Waals surface area contributed by atoms with E-state index in [1.807, 2.05) is 38.1 Å². The molecule has 0 radical (unpaired) electrons. The first-order valence-electron chi connectivity index (χ1n) is 9.79. The lowest BCUT2D eigenvalue weighted by molar-refractivity contribution is -0.123. The first kappa shape index (κ1) is 23.5. The summed E-state index contributed by atoms with van der Waals surface area (Å²) in [6, 6.07) is 13.0. The summed E-state index contributed by atoms with van der Waals surface area (Å²) in [6.45, 7) is 5.82. The first-order valence-corrected chi connectivity index (χ1v) is 11.6. The Bertz CT molecular complexity index is 944. The Morgan fingerprint density at radius 2 is 1.77 bits per heavy atom. The van der Waals surface area contributed by atoms with Crippen LogP contribution in [0.5, 0.6) is 11.5 Å². The van der Waals surface area contributed by atoms with Crippen molar-refractivity contribution in [3.63, 3.8) is 0 Å². The molecule has 0 aliphatic carbocycles. The molecule has 0 aliphatic heterocycles. The Morgan fingerprint density at radius 3 is 2.30 bits per heavy atom. The van der Waals surface area contributed by atoms with E-state index in [-0.39, 0.29) is 18.6 Å². The summed E-state index contributed by atoms with van der Waals surface area (Å²) in [5.74, 6) is 0.980. The maximum absolute atomic E-state index is 13.0. The number of carbonyl (C=O) groups excluding carboxylic acids is 1. The number of anilines is 1. The minimum absolute atomic E-state index is 0.272. The van der Waals surface area contributed by atoms with Gasteiger partial charge in [0.15, 0.2) is 0 Å². The van der Waals surface area contributed by atoms with Crippen molar-refractivity contribution >= 4 is 21.6 Å². The van der Waals surface area contributed by atoms with Gasteiger partial charge in [0.05, 0.1) is 25.1 Å². The zero-order chi connectivity index (χ0) is 22.3. The Labute approximate surface area is 179 Å². The highest BCUT2D eigenvalue weighted by molar-refractivity contribution is 7.92. The molecule has 2 atom stereocenters. The summed E-state index contributed by atoms with van der Waals surface area (Å²) in [6.07, 6.45) is 1.41. The predicted molar refractivity (Wildman–Crippen MR) is 119 cm³/mol. The smallest absolute Gasteiger partial charge is 0.244 e. The number of para-hydroxylation sites is 1. The number of ether oxygens (including phenoxy) is 2. The largest absolute Gasteiger partial charge is 0.497 e. The molecule has 0 saturated heterocycles. The molecular formula is C22H30N2O5S. The highest BCUT2D eigenvalue weighted by atomic mass is 32.2. The van der Waals surface area contributed by atoms with E-state index < -0.39 is 16.1 Å². The van der Waals surface area contributed by atoms with Crippen LogP contribution in [-0.2, 0) is 14.8 Å². The zero-order valence-electron chi connectivity index (χ0n) is 18.1. The molecule has 1 N–H and O–H groups in total. The number of aryl methyl sites for hydroxylation is 1. The Hall–Kier alpha value is -2.74. The minimum atomic E-state index is -3.69. The summed E-state index contributed by atoms with van der Waals surface area (Å²) < 4.78 is 37.1. The van der Waals surface area contributed by atoms with Gasteiger partial charge in [0.2, 0.25) is 15.9 Å². The van der Waals surface area contributed by atoms with E-state index in [0.717, 1.165) is 21.9 Å². The van der Waals surface area contributed by atoms with Crippen LogP contribution in [0, 0.1) is 6.92 Å². The number of sulfonamides is 1. The molecule has 164 valence electrons. The van der Waals surface area contributed by atoms with Crippen LogP contribution in [0.25, 0.3) is 0 Å². The number of carbonyl (C=O) groups is 1. The monoisotopic (exact) mass is 434 g/mol. The first-order chi connectivity index (χ1) is 14.2. The molecule has 0 fully saturated rings. The molecule has 0 aliphatic rings. The molecule has 7 nitrogen and oxygen atoms in total. The average Bonchev–Trinajstić information content (AvgIpc) is 2.70. The van der Waals surface area contributed by atoms with E-state index in [0.29, 0.717) is 17.9 Å². The number of amides is 1. The third kappa shape index (κ3) is 6.13. The molecule has 1 amide bonds. The van der Waals surface area contributed by atoms with Gasteiger partial charge < -0.3 is 14.8 Å². The normalized spacial score (nSPS) is 13.2. The second-order valence-corrected chi connectivity index (χ2v) is 9.03. The van der Waals surface area contributed by atoms with Crippen molar-refractivity contribution in [2.24, 2.45) is 0 Å². The summed E-state index contributed by atoms with van der Waals surface area (Å²) in [5.41, 5.74) is 1.41. The summed E-state index contributed by atoms with van der Waals surface area (Å²) >= 11 is 0. The van der Waals surface area contributed by atoms with Gasteiger partial charge in [-0.25, -0.2) is 8.42 Å². The van der Waals surface area contributed by atoms with Crippen LogP contribution < -0.4 is 19.1 Å². The number of rotatable bonds is 10. The quantitative estimate of drug-likeness (QED) is 0.621. The minimum Gasteiger partial charge on any atom is -0.497 e. The Kier molecular flexibility index (Phi) is 8.11. The number of methoxy groups -OCH3 is 1. The van der Waals surface area contributed by atoms with Crippen LogP contribution in [0.15, 0.2) is 48.5 Å². The van der Waals surface area contributed by atoms with Gasteiger partial charge in [-0.2, -0.15) is 0 Å². The van der Waals surface area contributed by atoms with Crippen molar-refractivity contribution < 1.29 is 22.7 Å². The summed E-state index contributed by atoms with van der Waals surface area (Å²) in [7, 11) is -2.16. The molecule has 0 heterocycles. The van der Waals surface area contributed by atoms with E-state index in [9.17, 15) is 13.2 Å². The number of nitrogens with one attached hydrogen (secondary N) is 1. The van der Waals surface area contributed by atoms with E-state index in [1.54, 1.807) is 31.2 Å². The molecule has 2 rings (SSSR count). The van der Waals surface area contributed by atoms with Crippen molar-refractivity contribution in [2.75, 3.05) is 24.3 Å². The molecule has 0 spiro atoms. The Morgan fingerprint density at radius 1 is 1.13 bits per heavy atom. The average molecular weight is 435 g/mol. The third-order valence-electron chi connectivity index (χ3n) is 4.63. The van der Waals surface area contributed by atoms with E-state index in [4.69, 9.17) is 9.47 Å². The lowest BCUT2D eigenvalue weighted by atomic mass is 10.1. The number of hydrogen-bond acceptors (Lipinski definition) is 5. The topological polar surface area (TPSA) is 84.9 Å². The van der Waals surface area contributed by atoms with Crippen LogP contribution in [-0.4, -0.2) is 46.4 Å². The molecule has 0 saturated carbocycles. The van der Waals surface area contributed by atoms with E-state index >= 15 is 0 Å². The zero-order valence-corrected chi connectivity index (χ0v) is 18.9. The van der Waals surface area contributed by atoms with Gasteiger partial charge in [0.1, 0.15) is 24.1 Å². The number of nitrogens with zero attached hydrogens (tertiary/aromatic N) is 1. The van der Waals surface area contributed by atoms with Gasteiger partial charge in [-0.3, -0.25) is 9.10 Å². The fourth-order valence-corrected chi connectivity index (χ4v) is 4.32. The van der Waals surface area contributed by atoms with E-state index in [1.165, 1.54) is 7.11 Å². The molecule has 0 unspecified atom stereocenters. The van der Waals surface area contributed by atoms with Gasteiger partial charge in [-0.05, 0) is 56.2 Å². The molecule has 2 aromatic rings. The maximum atomic E-state index is 13.0. The number of hydrogen-bond donors (Lipinski definition) is 1. The summed E-state index contributed by atoms with van der Waals surface area (Å²) in [5, 5.41) is 2.87. The predicted octanol–water partition coefficient (Wildman–Crippen LogP) is 3.13. The molecule has 0 bridgehead atoms. The SMILES string of the molecule is CC[C@H](C(=O)N[C@@H](C)COc1ccccc1C)N(c1ccc(OC)cc1)S(C)(=O)=O. The number of benzene rings is 2. The molecule has 0 aromatic heterocycles. The molecular weight excluding hydrogens is 404 g/mol. The maximum Gasteiger partial charge on any atom is 0.244 e. The van der Waals surface area contributed by atoms with Crippen LogP contribution in [0.4, 0.5) is 5.69 Å². The fourth-order valence-electron chi connectivity index (χ4n) is 3.10. The van der Waals surface area contributed by atoms with Gasteiger partial charge >= 0.3 is 0 Å². The third-order valence-corrected chi connectivity index (χ3v) is 5.81. The standard InChI is InChI=1S/C22H30N2O5S/c1-6-20(24(30(5,26)27)18-11-13-19(28-4)14-12-18)22(25)23-17(3)15-29-21-10-8-7-9-16(21)2/h7-14,17,20H,6,15H2,1-5H3,(H,23,25)/t17-,20+/m0/s1. The van der Waals surface area contributed by atoms with Crippen LogP contribution in [0.2, 0.25) is 0 Å². The van der Waals surface area contributed by atoms with Crippen LogP contribution in [0.3, 0.4) is 0 Å².